The highest BCUT2D eigenvalue weighted by atomic mass is 16.2. The average Bonchev–Trinajstić information content (AvgIpc) is 2.46. The topological polar surface area (TPSA) is 70.2 Å². The van der Waals surface area contributed by atoms with Crippen molar-refractivity contribution in [1.82, 2.24) is 5.32 Å². The maximum absolute atomic E-state index is 12.1. The maximum Gasteiger partial charge on any atom is 0.323 e. The predicted octanol–water partition coefficient (Wildman–Crippen LogP) is 3.86. The average molecular weight is 311 g/mol. The van der Waals surface area contributed by atoms with Gasteiger partial charge in [-0.3, -0.25) is 4.79 Å². The largest absolute Gasteiger partial charge is 0.347 e. The summed E-state index contributed by atoms with van der Waals surface area (Å²) in [7, 11) is 0. The lowest BCUT2D eigenvalue weighted by Crippen LogP contribution is -2.40. The van der Waals surface area contributed by atoms with Crippen molar-refractivity contribution >= 4 is 23.3 Å². The normalized spacial score (nSPS) is 10.7. The zero-order valence-corrected chi connectivity index (χ0v) is 13.5. The van der Waals surface area contributed by atoms with Crippen LogP contribution in [0.25, 0.3) is 0 Å². The molecular weight excluding hydrogens is 290 g/mol. The van der Waals surface area contributed by atoms with E-state index in [2.05, 4.69) is 16.0 Å². The summed E-state index contributed by atoms with van der Waals surface area (Å²) in [6.45, 7) is 5.75. The van der Waals surface area contributed by atoms with Gasteiger partial charge < -0.3 is 16.0 Å². The molecule has 2 aromatic rings. The molecule has 3 amide bonds. The van der Waals surface area contributed by atoms with E-state index < -0.39 is 0 Å². The number of para-hydroxylation sites is 1. The number of hydrogen-bond donors (Lipinski definition) is 3. The third-order valence-electron chi connectivity index (χ3n) is 2.90. The molecule has 0 bridgehead atoms. The van der Waals surface area contributed by atoms with Crippen molar-refractivity contribution in [2.75, 3.05) is 10.6 Å². The van der Waals surface area contributed by atoms with Gasteiger partial charge in [-0.2, -0.15) is 0 Å². The van der Waals surface area contributed by atoms with Gasteiger partial charge in [0.15, 0.2) is 0 Å². The SMILES string of the molecule is CC(C)(C)NC(=O)c1cccc(NC(=O)Nc2ccccc2)c1. The van der Waals surface area contributed by atoms with Gasteiger partial charge in [0, 0.05) is 22.5 Å². The predicted molar refractivity (Wildman–Crippen MR) is 92.7 cm³/mol. The Morgan fingerprint density at radius 1 is 0.826 bits per heavy atom. The van der Waals surface area contributed by atoms with E-state index in [0.717, 1.165) is 0 Å². The molecule has 0 radical (unpaired) electrons. The molecule has 0 aliphatic carbocycles. The van der Waals surface area contributed by atoms with Crippen molar-refractivity contribution in [3.05, 3.63) is 60.2 Å². The van der Waals surface area contributed by atoms with Crippen molar-refractivity contribution in [1.29, 1.82) is 0 Å². The van der Waals surface area contributed by atoms with Gasteiger partial charge in [0.1, 0.15) is 0 Å². The summed E-state index contributed by atoms with van der Waals surface area (Å²) >= 11 is 0. The van der Waals surface area contributed by atoms with Crippen LogP contribution in [0.4, 0.5) is 16.2 Å². The van der Waals surface area contributed by atoms with E-state index in [-0.39, 0.29) is 17.5 Å². The number of anilines is 2. The summed E-state index contributed by atoms with van der Waals surface area (Å²) in [6, 6.07) is 15.6. The van der Waals surface area contributed by atoms with E-state index in [1.165, 1.54) is 0 Å². The molecule has 5 nitrogen and oxygen atoms in total. The van der Waals surface area contributed by atoms with Crippen molar-refractivity contribution in [3.63, 3.8) is 0 Å². The number of carbonyl (C=O) groups excluding carboxylic acids is 2. The van der Waals surface area contributed by atoms with E-state index in [0.29, 0.717) is 16.9 Å². The number of benzene rings is 2. The number of carbonyl (C=O) groups is 2. The van der Waals surface area contributed by atoms with Crippen LogP contribution < -0.4 is 16.0 Å². The molecule has 0 spiro atoms. The van der Waals surface area contributed by atoms with E-state index in [4.69, 9.17) is 0 Å². The molecule has 0 aliphatic rings. The van der Waals surface area contributed by atoms with Crippen LogP contribution >= 0.6 is 0 Å². The second-order valence-corrected chi connectivity index (χ2v) is 6.23. The van der Waals surface area contributed by atoms with Gasteiger partial charge >= 0.3 is 6.03 Å². The molecule has 3 N–H and O–H groups in total. The van der Waals surface area contributed by atoms with Gasteiger partial charge in [0.2, 0.25) is 0 Å². The van der Waals surface area contributed by atoms with Crippen LogP contribution in [0.15, 0.2) is 54.6 Å². The minimum atomic E-state index is -0.357. The molecular formula is C18H21N3O2. The fourth-order valence-electron chi connectivity index (χ4n) is 1.97. The minimum absolute atomic E-state index is 0.176. The molecule has 0 unspecified atom stereocenters. The van der Waals surface area contributed by atoms with Crippen LogP contribution in [0.1, 0.15) is 31.1 Å². The van der Waals surface area contributed by atoms with Crippen LogP contribution in [0.3, 0.4) is 0 Å². The smallest absolute Gasteiger partial charge is 0.323 e. The fraction of sp³-hybridized carbons (Fsp3) is 0.222. The van der Waals surface area contributed by atoms with E-state index in [9.17, 15) is 9.59 Å². The summed E-state index contributed by atoms with van der Waals surface area (Å²) in [4.78, 5) is 24.1. The Morgan fingerprint density at radius 2 is 1.43 bits per heavy atom. The highest BCUT2D eigenvalue weighted by molar-refractivity contribution is 6.01. The highest BCUT2D eigenvalue weighted by Gasteiger charge is 2.15. The lowest BCUT2D eigenvalue weighted by atomic mass is 10.1. The summed E-state index contributed by atoms with van der Waals surface area (Å²) in [5.74, 6) is -0.176. The number of nitrogens with one attached hydrogen (secondary N) is 3. The van der Waals surface area contributed by atoms with Crippen LogP contribution in [0.2, 0.25) is 0 Å². The lowest BCUT2D eigenvalue weighted by molar-refractivity contribution is 0.0919. The second-order valence-electron chi connectivity index (χ2n) is 6.23. The molecule has 0 atom stereocenters. The molecule has 23 heavy (non-hydrogen) atoms. The Hall–Kier alpha value is -2.82. The molecule has 0 fully saturated rings. The third-order valence-corrected chi connectivity index (χ3v) is 2.90. The summed E-state index contributed by atoms with van der Waals surface area (Å²) < 4.78 is 0. The Kier molecular flexibility index (Phi) is 5.01. The zero-order chi connectivity index (χ0) is 16.9. The Bertz CT molecular complexity index is 691. The first-order valence-corrected chi connectivity index (χ1v) is 7.39. The molecule has 120 valence electrons. The van der Waals surface area contributed by atoms with Crippen molar-refractivity contribution in [2.24, 2.45) is 0 Å². The number of hydrogen-bond acceptors (Lipinski definition) is 2. The van der Waals surface area contributed by atoms with Gasteiger partial charge in [0.25, 0.3) is 5.91 Å². The quantitative estimate of drug-likeness (QED) is 0.805. The van der Waals surface area contributed by atoms with Crippen LogP contribution in [-0.4, -0.2) is 17.5 Å². The molecule has 2 rings (SSSR count). The Labute approximate surface area is 136 Å². The molecule has 2 aromatic carbocycles. The number of amides is 3. The monoisotopic (exact) mass is 311 g/mol. The molecule has 0 saturated carbocycles. The Morgan fingerprint density at radius 3 is 2.09 bits per heavy atom. The van der Waals surface area contributed by atoms with Crippen LogP contribution in [0.5, 0.6) is 0 Å². The molecule has 0 aliphatic heterocycles. The van der Waals surface area contributed by atoms with Crippen LogP contribution in [-0.2, 0) is 0 Å². The molecule has 0 heterocycles. The zero-order valence-electron chi connectivity index (χ0n) is 13.5. The first kappa shape index (κ1) is 16.5. The first-order chi connectivity index (χ1) is 10.8. The fourth-order valence-corrected chi connectivity index (χ4v) is 1.97. The van der Waals surface area contributed by atoms with Crippen molar-refractivity contribution in [2.45, 2.75) is 26.3 Å². The Balaban J connectivity index is 2.02. The second kappa shape index (κ2) is 6.96. The highest BCUT2D eigenvalue weighted by Crippen LogP contribution is 2.13. The molecule has 0 saturated heterocycles. The van der Waals surface area contributed by atoms with Gasteiger partial charge in [-0.1, -0.05) is 24.3 Å². The van der Waals surface area contributed by atoms with Crippen molar-refractivity contribution < 1.29 is 9.59 Å². The first-order valence-electron chi connectivity index (χ1n) is 7.39. The lowest BCUT2D eigenvalue weighted by Gasteiger charge is -2.20. The summed E-state index contributed by atoms with van der Waals surface area (Å²) in [5, 5.41) is 8.33. The third kappa shape index (κ3) is 5.47. The van der Waals surface area contributed by atoms with Gasteiger partial charge in [-0.15, -0.1) is 0 Å². The van der Waals surface area contributed by atoms with E-state index in [1.807, 2.05) is 39.0 Å². The van der Waals surface area contributed by atoms with Gasteiger partial charge in [0.05, 0.1) is 0 Å². The number of urea groups is 1. The van der Waals surface area contributed by atoms with Gasteiger partial charge in [-0.25, -0.2) is 4.79 Å². The summed E-state index contributed by atoms with van der Waals surface area (Å²) in [5.41, 5.74) is 1.44. The molecule has 5 heteroatoms. The standard InChI is InChI=1S/C18H21N3O2/c1-18(2,3)21-16(22)13-8-7-11-15(12-13)20-17(23)19-14-9-5-4-6-10-14/h4-12H,1-3H3,(H,21,22)(H2,19,20,23). The van der Waals surface area contributed by atoms with Crippen LogP contribution in [0, 0.1) is 0 Å². The molecule has 0 aromatic heterocycles. The van der Waals surface area contributed by atoms with Gasteiger partial charge in [-0.05, 0) is 51.1 Å². The van der Waals surface area contributed by atoms with Crippen molar-refractivity contribution in [3.8, 4) is 0 Å². The maximum atomic E-state index is 12.1. The van der Waals surface area contributed by atoms with E-state index in [1.54, 1.807) is 36.4 Å². The minimum Gasteiger partial charge on any atom is -0.347 e. The summed E-state index contributed by atoms with van der Waals surface area (Å²) in [6.07, 6.45) is 0. The number of rotatable bonds is 3. The van der Waals surface area contributed by atoms with E-state index >= 15 is 0 Å².